The molecule has 2 rings (SSSR count). The van der Waals surface area contributed by atoms with Gasteiger partial charge in [-0.15, -0.1) is 11.6 Å². The molecule has 2 aromatic rings. The maximum atomic E-state index is 13.4. The fraction of sp³-hybridized carbons (Fsp3) is 0.0714. The molecule has 0 spiro atoms. The number of hydrogen-bond donors (Lipinski definition) is 0. The van der Waals surface area contributed by atoms with E-state index in [0.717, 1.165) is 5.56 Å². The largest absolute Gasteiger partial charge is 0.457 e. The summed E-state index contributed by atoms with van der Waals surface area (Å²) in [6.07, 6.45) is 0. The third-order valence-corrected chi connectivity index (χ3v) is 2.66. The molecule has 0 bridgehead atoms. The zero-order valence-corrected chi connectivity index (χ0v) is 10.1. The molecule has 0 aliphatic rings. The summed E-state index contributed by atoms with van der Waals surface area (Å²) in [5.41, 5.74) is 0.917. The third kappa shape index (κ3) is 2.79. The van der Waals surface area contributed by atoms with E-state index in [0.29, 0.717) is 17.4 Å². The Kier molecular flexibility index (Phi) is 3.81. The molecule has 0 fully saturated rings. The highest BCUT2D eigenvalue weighted by Gasteiger charge is 2.04. The van der Waals surface area contributed by atoms with Gasteiger partial charge in [-0.2, -0.15) is 5.26 Å². The van der Waals surface area contributed by atoms with Crippen molar-refractivity contribution in [3.8, 4) is 17.6 Å². The van der Waals surface area contributed by atoms with Crippen LogP contribution in [0.2, 0.25) is 0 Å². The molecule has 0 saturated heterocycles. The first-order valence-electron chi connectivity index (χ1n) is 5.25. The van der Waals surface area contributed by atoms with E-state index in [1.54, 1.807) is 24.3 Å². The van der Waals surface area contributed by atoms with Gasteiger partial charge in [0, 0.05) is 11.9 Å². The maximum Gasteiger partial charge on any atom is 0.144 e. The number of hydrogen-bond acceptors (Lipinski definition) is 2. The van der Waals surface area contributed by atoms with Crippen LogP contribution in [-0.4, -0.2) is 0 Å². The van der Waals surface area contributed by atoms with Crippen molar-refractivity contribution in [1.82, 2.24) is 0 Å². The number of alkyl halides is 1. The lowest BCUT2D eigenvalue weighted by atomic mass is 10.2. The first-order valence-corrected chi connectivity index (χ1v) is 5.79. The van der Waals surface area contributed by atoms with Crippen molar-refractivity contribution in [1.29, 1.82) is 5.26 Å². The van der Waals surface area contributed by atoms with E-state index in [-0.39, 0.29) is 5.56 Å². The second-order valence-corrected chi connectivity index (χ2v) is 3.90. The standard InChI is InChI=1S/C14H9ClFNO/c15-8-10-2-1-3-12(6-10)18-13-5-4-11(9-17)14(16)7-13/h1-7H,8H2. The minimum absolute atomic E-state index is 0.00291. The van der Waals surface area contributed by atoms with Gasteiger partial charge in [0.1, 0.15) is 23.4 Å². The summed E-state index contributed by atoms with van der Waals surface area (Å²) in [4.78, 5) is 0. The summed E-state index contributed by atoms with van der Waals surface area (Å²) in [6.45, 7) is 0. The van der Waals surface area contributed by atoms with Crippen molar-refractivity contribution >= 4 is 11.6 Å². The highest BCUT2D eigenvalue weighted by molar-refractivity contribution is 6.17. The lowest BCUT2D eigenvalue weighted by molar-refractivity contribution is 0.476. The topological polar surface area (TPSA) is 33.0 Å². The molecule has 0 N–H and O–H groups in total. The summed E-state index contributed by atoms with van der Waals surface area (Å²) in [5.74, 6) is 0.720. The molecule has 0 heterocycles. The van der Waals surface area contributed by atoms with Gasteiger partial charge in [-0.05, 0) is 29.8 Å². The van der Waals surface area contributed by atoms with E-state index >= 15 is 0 Å². The molecule has 2 aromatic carbocycles. The monoisotopic (exact) mass is 261 g/mol. The highest BCUT2D eigenvalue weighted by Crippen LogP contribution is 2.24. The number of nitriles is 1. The van der Waals surface area contributed by atoms with Gasteiger partial charge in [0.05, 0.1) is 5.56 Å². The first kappa shape index (κ1) is 12.4. The Balaban J connectivity index is 2.23. The molecule has 0 aliphatic heterocycles. The number of benzene rings is 2. The summed E-state index contributed by atoms with van der Waals surface area (Å²) in [5, 5.41) is 8.62. The van der Waals surface area contributed by atoms with E-state index in [4.69, 9.17) is 21.6 Å². The fourth-order valence-electron chi connectivity index (χ4n) is 1.48. The second kappa shape index (κ2) is 5.52. The molecule has 0 amide bonds. The molecule has 0 saturated carbocycles. The lowest BCUT2D eigenvalue weighted by Crippen LogP contribution is -1.89. The smallest absolute Gasteiger partial charge is 0.144 e. The Hall–Kier alpha value is -2.05. The second-order valence-electron chi connectivity index (χ2n) is 3.64. The zero-order chi connectivity index (χ0) is 13.0. The van der Waals surface area contributed by atoms with Crippen LogP contribution >= 0.6 is 11.6 Å². The van der Waals surface area contributed by atoms with E-state index in [9.17, 15) is 4.39 Å². The zero-order valence-electron chi connectivity index (χ0n) is 9.36. The minimum atomic E-state index is -0.594. The Morgan fingerprint density at radius 3 is 2.61 bits per heavy atom. The Bertz CT molecular complexity index is 607. The van der Waals surface area contributed by atoms with Crippen LogP contribution in [0.5, 0.6) is 11.5 Å². The maximum absolute atomic E-state index is 13.4. The van der Waals surface area contributed by atoms with Gasteiger partial charge in [-0.1, -0.05) is 12.1 Å². The van der Waals surface area contributed by atoms with Gasteiger partial charge in [0.2, 0.25) is 0 Å². The fourth-order valence-corrected chi connectivity index (χ4v) is 1.64. The molecule has 0 aromatic heterocycles. The van der Waals surface area contributed by atoms with Crippen LogP contribution in [0.1, 0.15) is 11.1 Å². The highest BCUT2D eigenvalue weighted by atomic mass is 35.5. The summed E-state index contributed by atoms with van der Waals surface area (Å²) in [7, 11) is 0. The van der Waals surface area contributed by atoms with E-state index < -0.39 is 5.82 Å². The molecule has 2 nitrogen and oxygen atoms in total. The van der Waals surface area contributed by atoms with Gasteiger partial charge < -0.3 is 4.74 Å². The lowest BCUT2D eigenvalue weighted by Gasteiger charge is -2.07. The molecular formula is C14H9ClFNO. The van der Waals surface area contributed by atoms with Crippen LogP contribution in [0.4, 0.5) is 4.39 Å². The van der Waals surface area contributed by atoms with Crippen molar-refractivity contribution in [2.45, 2.75) is 5.88 Å². The van der Waals surface area contributed by atoms with Crippen molar-refractivity contribution in [2.75, 3.05) is 0 Å². The van der Waals surface area contributed by atoms with Gasteiger partial charge in [0.15, 0.2) is 0 Å². The number of halogens is 2. The molecule has 0 radical (unpaired) electrons. The molecule has 0 atom stereocenters. The number of nitrogens with zero attached hydrogens (tertiary/aromatic N) is 1. The van der Waals surface area contributed by atoms with Crippen LogP contribution in [-0.2, 0) is 5.88 Å². The average Bonchev–Trinajstić information content (AvgIpc) is 2.39. The van der Waals surface area contributed by atoms with Crippen molar-refractivity contribution in [3.63, 3.8) is 0 Å². The molecular weight excluding hydrogens is 253 g/mol. The molecule has 4 heteroatoms. The van der Waals surface area contributed by atoms with Gasteiger partial charge in [-0.3, -0.25) is 0 Å². The SMILES string of the molecule is N#Cc1ccc(Oc2cccc(CCl)c2)cc1F. The third-order valence-electron chi connectivity index (χ3n) is 2.35. The van der Waals surface area contributed by atoms with Crippen molar-refractivity contribution in [3.05, 3.63) is 59.4 Å². The average molecular weight is 262 g/mol. The Morgan fingerprint density at radius 1 is 1.17 bits per heavy atom. The van der Waals surface area contributed by atoms with Crippen LogP contribution in [0.3, 0.4) is 0 Å². The van der Waals surface area contributed by atoms with Crippen molar-refractivity contribution < 1.29 is 9.13 Å². The normalized spacial score (nSPS) is 9.83. The molecule has 90 valence electrons. The van der Waals surface area contributed by atoms with Crippen molar-refractivity contribution in [2.24, 2.45) is 0 Å². The van der Waals surface area contributed by atoms with E-state index in [1.165, 1.54) is 12.1 Å². The van der Waals surface area contributed by atoms with Crippen LogP contribution in [0.15, 0.2) is 42.5 Å². The Labute approximate surface area is 109 Å². The number of ether oxygens (including phenoxy) is 1. The predicted molar refractivity (Wildman–Crippen MR) is 67.2 cm³/mol. The van der Waals surface area contributed by atoms with E-state index in [1.807, 2.05) is 12.1 Å². The van der Waals surface area contributed by atoms with Crippen LogP contribution in [0.25, 0.3) is 0 Å². The van der Waals surface area contributed by atoms with Crippen LogP contribution < -0.4 is 4.74 Å². The first-order chi connectivity index (χ1) is 8.72. The minimum Gasteiger partial charge on any atom is -0.457 e. The summed E-state index contributed by atoms with van der Waals surface area (Å²) >= 11 is 5.72. The van der Waals surface area contributed by atoms with Gasteiger partial charge in [-0.25, -0.2) is 4.39 Å². The molecule has 0 unspecified atom stereocenters. The van der Waals surface area contributed by atoms with Crippen LogP contribution in [0, 0.1) is 17.1 Å². The predicted octanol–water partition coefficient (Wildman–Crippen LogP) is 4.23. The van der Waals surface area contributed by atoms with E-state index in [2.05, 4.69) is 0 Å². The quantitative estimate of drug-likeness (QED) is 0.775. The van der Waals surface area contributed by atoms with Gasteiger partial charge in [0.25, 0.3) is 0 Å². The van der Waals surface area contributed by atoms with Gasteiger partial charge >= 0.3 is 0 Å². The molecule has 0 aliphatic carbocycles. The summed E-state index contributed by atoms with van der Waals surface area (Å²) in [6, 6.07) is 13.1. The molecule has 18 heavy (non-hydrogen) atoms. The summed E-state index contributed by atoms with van der Waals surface area (Å²) < 4.78 is 18.9. The Morgan fingerprint density at radius 2 is 1.94 bits per heavy atom. The number of rotatable bonds is 3.